The molecule has 1 spiro atoms. The van der Waals surface area contributed by atoms with E-state index < -0.39 is 5.41 Å². The molecule has 15 rings (SSSR count). The maximum absolute atomic E-state index is 9.79. The molecule has 0 saturated heterocycles. The van der Waals surface area contributed by atoms with Gasteiger partial charge >= 0.3 is 0 Å². The molecule has 318 valence electrons. The minimum atomic E-state index is -0.870. The maximum atomic E-state index is 9.79. The lowest BCUT2D eigenvalue weighted by Gasteiger charge is -2.40. The van der Waals surface area contributed by atoms with Crippen LogP contribution in [0.25, 0.3) is 98.7 Å². The molecule has 0 unspecified atom stereocenters. The van der Waals surface area contributed by atoms with E-state index >= 15 is 0 Å². The van der Waals surface area contributed by atoms with E-state index in [1.807, 2.05) is 48.8 Å². The SMILES string of the molecule is [C-]#[N+]c1ccc2c(c1)c1ccccc1n2-c1cccc2c1C1(c3ccc(-n4c5ccccc5c5cc(-n6c7ccccc7c7cc(C#N)ccc76)ccc54)cc3O2)c2cccnc2-c2ncccc21. The fraction of sp³-hybridized carbons (Fsp3) is 0.0164. The summed E-state index contributed by atoms with van der Waals surface area (Å²) < 4.78 is 14.3. The largest absolute Gasteiger partial charge is 0.457 e. The Morgan fingerprint density at radius 3 is 1.68 bits per heavy atom. The molecule has 0 fully saturated rings. The molecule has 5 aromatic heterocycles. The second kappa shape index (κ2) is 13.6. The fourth-order valence-electron chi connectivity index (χ4n) is 12.0. The topological polar surface area (TPSA) is 78.0 Å². The zero-order valence-corrected chi connectivity index (χ0v) is 36.6. The molecule has 2 aliphatic rings. The Bertz CT molecular complexity index is 4470. The van der Waals surface area contributed by atoms with Crippen LogP contribution < -0.4 is 4.74 Å². The summed E-state index contributed by atoms with van der Waals surface area (Å²) in [6, 6.07) is 67.9. The standard InChI is InChI=1S/C61H33N7O/c1-63-37-22-27-54-44(32-37)41-12-4-7-18-51(41)68(54)55-19-8-20-56-58(55)61(47-14-9-29-64-59(47)60-48(61)15-10-30-65-60)46-25-23-39(34-57(46)69-56)67-50-17-6-3-13-42(50)45-33-38(24-28-53(45)67)66-49-16-5-2-11-40(49)43-31-36(35-62)21-26-52(43)66/h2-34H. The number of hydrogen-bond donors (Lipinski definition) is 0. The van der Waals surface area contributed by atoms with Crippen molar-refractivity contribution in [2.75, 3.05) is 0 Å². The van der Waals surface area contributed by atoms with Gasteiger partial charge in [0.15, 0.2) is 5.69 Å². The molecule has 13 aromatic rings. The molecule has 69 heavy (non-hydrogen) atoms. The summed E-state index contributed by atoms with van der Waals surface area (Å²) >= 11 is 0. The van der Waals surface area contributed by atoms with E-state index in [2.05, 4.69) is 176 Å². The summed E-state index contributed by atoms with van der Waals surface area (Å²) in [5.74, 6) is 1.49. The van der Waals surface area contributed by atoms with Gasteiger partial charge in [-0.1, -0.05) is 84.9 Å². The van der Waals surface area contributed by atoms with Crippen LogP contribution in [0.4, 0.5) is 5.69 Å². The zero-order valence-electron chi connectivity index (χ0n) is 36.6. The lowest BCUT2D eigenvalue weighted by molar-refractivity contribution is 0.435. The monoisotopic (exact) mass is 879 g/mol. The summed E-state index contributed by atoms with van der Waals surface area (Å²) in [5, 5.41) is 16.3. The predicted octanol–water partition coefficient (Wildman–Crippen LogP) is 14.7. The van der Waals surface area contributed by atoms with Crippen LogP contribution >= 0.6 is 0 Å². The Kier molecular flexibility index (Phi) is 7.41. The number of para-hydroxylation sites is 3. The van der Waals surface area contributed by atoms with E-state index in [1.165, 1.54) is 0 Å². The molecule has 1 aliphatic carbocycles. The van der Waals surface area contributed by atoms with Crippen LogP contribution in [0.5, 0.6) is 11.5 Å². The number of nitriles is 1. The molecule has 8 heteroatoms. The molecule has 6 heterocycles. The second-order valence-corrected chi connectivity index (χ2v) is 17.9. The summed E-state index contributed by atoms with van der Waals surface area (Å²) in [5.41, 5.74) is 15.5. The number of fused-ring (bicyclic) bond motifs is 18. The summed E-state index contributed by atoms with van der Waals surface area (Å²) in [7, 11) is 0. The highest BCUT2D eigenvalue weighted by Crippen LogP contribution is 2.63. The van der Waals surface area contributed by atoms with Crippen molar-refractivity contribution in [1.29, 1.82) is 5.26 Å². The van der Waals surface area contributed by atoms with Crippen molar-refractivity contribution in [2.24, 2.45) is 0 Å². The van der Waals surface area contributed by atoms with Crippen LogP contribution in [0.2, 0.25) is 0 Å². The third-order valence-electron chi connectivity index (χ3n) is 14.6. The van der Waals surface area contributed by atoms with Crippen LogP contribution in [-0.4, -0.2) is 23.7 Å². The molecule has 0 N–H and O–H groups in total. The smallest absolute Gasteiger partial charge is 0.188 e. The number of ether oxygens (including phenoxy) is 1. The van der Waals surface area contributed by atoms with Crippen molar-refractivity contribution in [3.8, 4) is 46.0 Å². The molecule has 8 nitrogen and oxygen atoms in total. The summed E-state index contributed by atoms with van der Waals surface area (Å²) in [4.78, 5) is 13.9. The second-order valence-electron chi connectivity index (χ2n) is 17.9. The number of benzene rings is 8. The first-order valence-electron chi connectivity index (χ1n) is 22.9. The third-order valence-corrected chi connectivity index (χ3v) is 14.6. The van der Waals surface area contributed by atoms with Gasteiger partial charge in [-0.25, -0.2) is 4.85 Å². The first-order chi connectivity index (χ1) is 34.1. The zero-order chi connectivity index (χ0) is 45.5. The molecule has 0 amide bonds. The van der Waals surface area contributed by atoms with Crippen molar-refractivity contribution in [1.82, 2.24) is 23.7 Å². The van der Waals surface area contributed by atoms with Crippen LogP contribution in [0.3, 0.4) is 0 Å². The van der Waals surface area contributed by atoms with Gasteiger partial charge in [-0.2, -0.15) is 5.26 Å². The Labute approximate surface area is 394 Å². The van der Waals surface area contributed by atoms with Crippen molar-refractivity contribution >= 4 is 71.1 Å². The van der Waals surface area contributed by atoms with Crippen molar-refractivity contribution in [3.05, 3.63) is 240 Å². The van der Waals surface area contributed by atoms with E-state index in [4.69, 9.17) is 21.3 Å². The van der Waals surface area contributed by atoms with Gasteiger partial charge in [0.2, 0.25) is 0 Å². The number of nitrogens with zero attached hydrogens (tertiary/aromatic N) is 7. The molecular weight excluding hydrogens is 847 g/mol. The lowest BCUT2D eigenvalue weighted by atomic mass is 9.65. The van der Waals surface area contributed by atoms with Gasteiger partial charge in [-0.05, 0) is 114 Å². The first-order valence-corrected chi connectivity index (χ1v) is 22.9. The summed E-state index contributed by atoms with van der Waals surface area (Å²) in [6.45, 7) is 7.85. The van der Waals surface area contributed by atoms with Gasteiger partial charge in [-0.15, -0.1) is 0 Å². The van der Waals surface area contributed by atoms with Crippen LogP contribution in [-0.2, 0) is 5.41 Å². The minimum Gasteiger partial charge on any atom is -0.457 e. The third kappa shape index (κ3) is 4.83. The predicted molar refractivity (Wildman–Crippen MR) is 273 cm³/mol. The van der Waals surface area contributed by atoms with Gasteiger partial charge in [0.1, 0.15) is 11.5 Å². The molecule has 1 aliphatic heterocycles. The quantitative estimate of drug-likeness (QED) is 0.166. The average molecular weight is 880 g/mol. The van der Waals surface area contributed by atoms with Crippen LogP contribution in [0, 0.1) is 17.9 Å². The van der Waals surface area contributed by atoms with Crippen molar-refractivity contribution in [3.63, 3.8) is 0 Å². The van der Waals surface area contributed by atoms with E-state index in [-0.39, 0.29) is 0 Å². The van der Waals surface area contributed by atoms with Gasteiger partial charge in [0, 0.05) is 67.9 Å². The average Bonchev–Trinajstić information content (AvgIpc) is 4.12. The maximum Gasteiger partial charge on any atom is 0.188 e. The highest BCUT2D eigenvalue weighted by molar-refractivity contribution is 6.13. The highest BCUT2D eigenvalue weighted by Gasteiger charge is 2.54. The molecular formula is C61H33N7O. The lowest BCUT2D eigenvalue weighted by Crippen LogP contribution is -2.33. The van der Waals surface area contributed by atoms with Gasteiger partial charge < -0.3 is 18.4 Å². The molecule has 8 aromatic carbocycles. The van der Waals surface area contributed by atoms with Gasteiger partial charge in [0.05, 0.1) is 73.8 Å². The van der Waals surface area contributed by atoms with Crippen molar-refractivity contribution < 1.29 is 4.74 Å². The number of aromatic nitrogens is 5. The van der Waals surface area contributed by atoms with E-state index in [9.17, 15) is 5.26 Å². The van der Waals surface area contributed by atoms with Crippen LogP contribution in [0.1, 0.15) is 27.8 Å². The highest BCUT2D eigenvalue weighted by atomic mass is 16.5. The molecule has 0 bridgehead atoms. The fourth-order valence-corrected chi connectivity index (χ4v) is 12.0. The molecule has 0 radical (unpaired) electrons. The Hall–Kier alpha value is -9.76. The number of rotatable bonds is 3. The first kappa shape index (κ1) is 37.5. The minimum absolute atomic E-state index is 0.601. The van der Waals surface area contributed by atoms with Gasteiger partial charge in [0.25, 0.3) is 0 Å². The van der Waals surface area contributed by atoms with Crippen molar-refractivity contribution in [2.45, 2.75) is 5.41 Å². The van der Waals surface area contributed by atoms with E-state index in [0.717, 1.165) is 128 Å². The Morgan fingerprint density at radius 2 is 1.01 bits per heavy atom. The summed E-state index contributed by atoms with van der Waals surface area (Å²) in [6.07, 6.45) is 3.71. The van der Waals surface area contributed by atoms with Gasteiger partial charge in [-0.3, -0.25) is 9.97 Å². The van der Waals surface area contributed by atoms with E-state index in [1.54, 1.807) is 0 Å². The van der Waals surface area contributed by atoms with E-state index in [0.29, 0.717) is 11.3 Å². The Morgan fingerprint density at radius 1 is 0.464 bits per heavy atom. The normalized spacial score (nSPS) is 13.1. The van der Waals surface area contributed by atoms with Crippen LogP contribution in [0.15, 0.2) is 200 Å². The Balaban J connectivity index is 0.979. The number of hydrogen-bond acceptors (Lipinski definition) is 4. The molecule has 0 atom stereocenters. The number of pyridine rings is 2. The molecule has 0 saturated carbocycles.